The monoisotopic (exact) mass is 1310 g/mol. The fourth-order valence-electron chi connectivity index (χ4n) is 16.7. The van der Waals surface area contributed by atoms with Gasteiger partial charge in [-0.15, -0.1) is 0 Å². The zero-order valence-corrected chi connectivity index (χ0v) is 56.9. The van der Waals surface area contributed by atoms with Gasteiger partial charge in [-0.05, 0) is 223 Å². The third-order valence-electron chi connectivity index (χ3n) is 23.0. The number of hydrogen-bond acceptors (Lipinski definition) is 15. The van der Waals surface area contributed by atoms with Crippen LogP contribution >= 0.6 is 0 Å². The third kappa shape index (κ3) is 13.6. The molecule has 1 saturated carbocycles. The fraction of sp³-hybridized carbons (Fsp3) is 0.462. The summed E-state index contributed by atoms with van der Waals surface area (Å²) in [5.41, 5.74) is 12.2. The highest BCUT2D eigenvalue weighted by molar-refractivity contribution is 6.08. The summed E-state index contributed by atoms with van der Waals surface area (Å²) in [7, 11) is 0. The van der Waals surface area contributed by atoms with Crippen molar-refractivity contribution in [1.29, 1.82) is 0 Å². The van der Waals surface area contributed by atoms with Crippen molar-refractivity contribution in [2.75, 3.05) is 0 Å². The van der Waals surface area contributed by atoms with Gasteiger partial charge in [0.2, 0.25) is 0 Å². The van der Waals surface area contributed by atoms with Gasteiger partial charge in [0.15, 0.2) is 17.3 Å². The standard InChI is InChI=1S/3C26H29NO5/c3*1-15-5-10-20-16(2)11-12-26(4)17(3)14-22(23(24(20)26)21(28)13-15)32-25(29)18-6-8-19(9-7-18)27(30)31/h2*6-9,11,13,17,20,22H,5,10,12,14H2,1-4H3;6-9,13,17,20,22H,2,5,10-12,14H2,1,3-4H3/b3*15-13-/t3*17-,20+,22-,26+/m111/s1. The predicted molar refractivity (Wildman–Crippen MR) is 363 cm³/mol. The van der Waals surface area contributed by atoms with Crippen LogP contribution in [-0.4, -0.2) is 68.3 Å². The molecule has 0 saturated heterocycles. The lowest BCUT2D eigenvalue weighted by atomic mass is 9.53. The van der Waals surface area contributed by atoms with Gasteiger partial charge in [0.1, 0.15) is 18.3 Å². The largest absolute Gasteiger partial charge is 0.454 e. The van der Waals surface area contributed by atoms with E-state index in [0.29, 0.717) is 36.0 Å². The molecule has 0 radical (unpaired) electrons. The Morgan fingerprint density at radius 1 is 0.448 bits per heavy atom. The Morgan fingerprint density at radius 2 is 0.729 bits per heavy atom. The first-order valence-corrected chi connectivity index (χ1v) is 33.6. The minimum Gasteiger partial charge on any atom is -0.454 e. The van der Waals surface area contributed by atoms with Gasteiger partial charge in [-0.3, -0.25) is 44.7 Å². The molecule has 18 heteroatoms. The number of carbonyl (C=O) groups excluding carboxylic acids is 6. The Morgan fingerprint density at radius 3 is 1.03 bits per heavy atom. The normalized spacial score (nSPS) is 31.6. The number of rotatable bonds is 9. The first-order chi connectivity index (χ1) is 45.3. The van der Waals surface area contributed by atoms with Crippen molar-refractivity contribution in [2.24, 2.45) is 51.8 Å². The number of ketones is 3. The molecule has 9 aliphatic carbocycles. The average Bonchev–Trinajstić information content (AvgIpc) is 0.741. The molecule has 12 atom stereocenters. The second-order valence-electron chi connectivity index (χ2n) is 29.0. The summed E-state index contributed by atoms with van der Waals surface area (Å²) in [6, 6.07) is 16.1. The Labute approximate surface area is 560 Å². The van der Waals surface area contributed by atoms with E-state index >= 15 is 0 Å². The van der Waals surface area contributed by atoms with Gasteiger partial charge >= 0.3 is 17.9 Å². The molecule has 1 fully saturated rings. The fourth-order valence-corrected chi connectivity index (χ4v) is 16.7. The van der Waals surface area contributed by atoms with Gasteiger partial charge in [0.05, 0.1) is 31.5 Å². The molecule has 9 aliphatic rings. The minimum atomic E-state index is -0.640. The van der Waals surface area contributed by atoms with Gasteiger partial charge in [-0.25, -0.2) is 14.4 Å². The van der Waals surface area contributed by atoms with Crippen molar-refractivity contribution in [3.8, 4) is 0 Å². The highest BCUT2D eigenvalue weighted by Gasteiger charge is 2.54. The Kier molecular flexibility index (Phi) is 20.0. The Balaban J connectivity index is 0.000000157. The third-order valence-corrected chi connectivity index (χ3v) is 23.0. The molecule has 0 unspecified atom stereocenters. The van der Waals surface area contributed by atoms with Crippen LogP contribution in [0, 0.1) is 82.1 Å². The lowest BCUT2D eigenvalue weighted by Crippen LogP contribution is -2.46. The van der Waals surface area contributed by atoms with Crippen LogP contribution in [0.5, 0.6) is 0 Å². The van der Waals surface area contributed by atoms with Crippen LogP contribution in [0.3, 0.4) is 0 Å². The molecule has 12 rings (SSSR count). The van der Waals surface area contributed by atoms with Crippen LogP contribution in [0.25, 0.3) is 0 Å². The van der Waals surface area contributed by atoms with Crippen LogP contribution in [0.4, 0.5) is 17.1 Å². The molecule has 18 nitrogen and oxygen atoms in total. The number of hydrogen-bond donors (Lipinski definition) is 0. The molecule has 0 N–H and O–H groups in total. The molecular weight excluding hydrogens is 1220 g/mol. The molecular formula is C78H87N3O15. The second kappa shape index (κ2) is 27.6. The Hall–Kier alpha value is -9.06. The summed E-state index contributed by atoms with van der Waals surface area (Å²) in [5.74, 6) is -0.698. The van der Waals surface area contributed by atoms with E-state index in [1.807, 2.05) is 20.8 Å². The topological polar surface area (TPSA) is 260 Å². The molecule has 3 aromatic carbocycles. The predicted octanol–water partition coefficient (Wildman–Crippen LogP) is 17.2. The van der Waals surface area contributed by atoms with Crippen LogP contribution in [-0.2, 0) is 28.6 Å². The minimum absolute atomic E-state index is 0.0588. The zero-order valence-electron chi connectivity index (χ0n) is 56.9. The van der Waals surface area contributed by atoms with Gasteiger partial charge in [0.25, 0.3) is 17.1 Å². The number of non-ortho nitro benzene ring substituents is 3. The van der Waals surface area contributed by atoms with E-state index in [-0.39, 0.29) is 103 Å². The maximum Gasteiger partial charge on any atom is 0.338 e. The van der Waals surface area contributed by atoms with Gasteiger partial charge in [-0.1, -0.05) is 93.7 Å². The first-order valence-electron chi connectivity index (χ1n) is 33.6. The summed E-state index contributed by atoms with van der Waals surface area (Å²) in [6.45, 7) is 27.8. The van der Waals surface area contributed by atoms with E-state index in [9.17, 15) is 59.1 Å². The van der Waals surface area contributed by atoms with Crippen molar-refractivity contribution < 1.29 is 57.7 Å². The summed E-state index contributed by atoms with van der Waals surface area (Å²) in [5, 5.41) is 32.7. The van der Waals surface area contributed by atoms with E-state index in [1.165, 1.54) is 83.9 Å². The molecule has 0 heterocycles. The number of esters is 3. The lowest BCUT2D eigenvalue weighted by Gasteiger charge is -2.52. The molecule has 3 aromatic rings. The van der Waals surface area contributed by atoms with Crippen molar-refractivity contribution in [3.63, 3.8) is 0 Å². The van der Waals surface area contributed by atoms with Gasteiger partial charge in [-0.2, -0.15) is 0 Å². The smallest absolute Gasteiger partial charge is 0.338 e. The van der Waals surface area contributed by atoms with Crippen LogP contribution < -0.4 is 0 Å². The summed E-state index contributed by atoms with van der Waals surface area (Å²) >= 11 is 0. The van der Waals surface area contributed by atoms with Crippen LogP contribution in [0.2, 0.25) is 0 Å². The number of benzene rings is 3. The second-order valence-corrected chi connectivity index (χ2v) is 29.0. The number of nitro benzene ring substituents is 3. The highest BCUT2D eigenvalue weighted by atomic mass is 16.6. The van der Waals surface area contributed by atoms with Gasteiger partial charge < -0.3 is 14.2 Å². The van der Waals surface area contributed by atoms with Crippen LogP contribution in [0.15, 0.2) is 177 Å². The van der Waals surface area contributed by atoms with Crippen molar-refractivity contribution in [3.05, 3.63) is 224 Å². The van der Waals surface area contributed by atoms with Crippen molar-refractivity contribution in [2.45, 2.75) is 178 Å². The molecule has 0 bridgehead atoms. The molecule has 96 heavy (non-hydrogen) atoms. The van der Waals surface area contributed by atoms with Crippen molar-refractivity contribution >= 4 is 52.3 Å². The summed E-state index contributed by atoms with van der Waals surface area (Å²) in [6.07, 6.45) is 18.6. The molecule has 0 spiro atoms. The molecule has 0 aromatic heterocycles. The van der Waals surface area contributed by atoms with Gasteiger partial charge in [0, 0.05) is 70.9 Å². The summed E-state index contributed by atoms with van der Waals surface area (Å²) in [4.78, 5) is 110. The van der Waals surface area contributed by atoms with E-state index in [1.54, 1.807) is 18.2 Å². The number of nitro groups is 3. The molecule has 504 valence electrons. The molecule has 0 aliphatic heterocycles. The first kappa shape index (κ1) is 69.8. The average molecular weight is 1310 g/mol. The number of nitrogens with zero attached hydrogens (tertiary/aromatic N) is 3. The van der Waals surface area contributed by atoms with Crippen molar-refractivity contribution in [1.82, 2.24) is 0 Å². The number of allylic oxidation sites excluding steroid dienone is 14. The Bertz CT molecular complexity index is 3720. The van der Waals surface area contributed by atoms with E-state index in [4.69, 9.17) is 14.2 Å². The highest BCUT2D eigenvalue weighted by Crippen LogP contribution is 2.60. The number of carbonyl (C=O) groups is 6. The maximum absolute atomic E-state index is 13.4. The SMILES string of the molecule is C=C1CC[C@]2(C)C3=C(C(=O)/C=C(/C)CC[C@@H]13)[C@H](OC(=O)c1ccc([N+](=O)[O-])cc1)C[C@H]2C.CC1=CC[C@]2(C)C3=C(C(=O)/C=C(/C)CC[C@@H]13)[C@H](OC(=O)c1ccc([N+](=O)[O-])cc1)C[C@H]2C.CC1=CC[C@]2(C)C3=C(C(=O)/C=C(/C)CC[C@@H]13)[C@H](OC(=O)c1ccc([N+](=O)[O-])cc1)C[C@H]2C. The van der Waals surface area contributed by atoms with E-state index in [0.717, 1.165) is 103 Å². The molecule has 0 amide bonds. The lowest BCUT2D eigenvalue weighted by molar-refractivity contribution is -0.385. The van der Waals surface area contributed by atoms with E-state index in [2.05, 4.69) is 74.1 Å². The number of ether oxygens (including phenoxy) is 3. The maximum atomic E-state index is 13.4. The van der Waals surface area contributed by atoms with E-state index < -0.39 is 51.0 Å². The van der Waals surface area contributed by atoms with Crippen LogP contribution in [0.1, 0.15) is 191 Å². The summed E-state index contributed by atoms with van der Waals surface area (Å²) < 4.78 is 17.8. The quantitative estimate of drug-likeness (QED) is 0.0634. The zero-order chi connectivity index (χ0) is 69.6.